The predicted molar refractivity (Wildman–Crippen MR) is 62.0 cm³/mol. The van der Waals surface area contributed by atoms with Crippen LogP contribution in [0, 0.1) is 0 Å². The largest absolute Gasteiger partial charge is 0.383 e. The highest BCUT2D eigenvalue weighted by Crippen LogP contribution is 2.00. The number of methoxy groups -OCH3 is 1. The molecule has 0 aromatic rings. The summed E-state index contributed by atoms with van der Waals surface area (Å²) in [5.41, 5.74) is 0. The Morgan fingerprint density at radius 3 is 2.62 bits per heavy atom. The number of ether oxygens (including phenoxy) is 1. The van der Waals surface area contributed by atoms with Crippen LogP contribution in [0.15, 0.2) is 0 Å². The molecule has 0 unspecified atom stereocenters. The van der Waals surface area contributed by atoms with Crippen LogP contribution in [0.1, 0.15) is 6.92 Å². The molecule has 0 fully saturated rings. The van der Waals surface area contributed by atoms with Crippen LogP contribution in [0.2, 0.25) is 0 Å². The molecule has 0 bridgehead atoms. The van der Waals surface area contributed by atoms with Gasteiger partial charge in [-0.05, 0) is 5.75 Å². The molecule has 4 heteroatoms. The van der Waals surface area contributed by atoms with Crippen LogP contribution in [0.4, 0.5) is 0 Å². The van der Waals surface area contributed by atoms with Crippen molar-refractivity contribution in [2.45, 2.75) is 6.92 Å². The maximum Gasteiger partial charge on any atom is 0.0589 e. The first-order valence-corrected chi connectivity index (χ1v) is 6.39. The zero-order valence-corrected chi connectivity index (χ0v) is 10.2. The van der Waals surface area contributed by atoms with Crippen molar-refractivity contribution in [3.63, 3.8) is 0 Å². The number of rotatable bonds is 9. The first kappa shape index (κ1) is 13.6. The van der Waals surface area contributed by atoms with E-state index < -0.39 is 0 Å². The second-order valence-electron chi connectivity index (χ2n) is 2.72. The molecule has 0 heterocycles. The van der Waals surface area contributed by atoms with Crippen molar-refractivity contribution >= 4 is 23.4 Å². The summed E-state index contributed by atoms with van der Waals surface area (Å²) < 4.78 is 5.03. The lowest BCUT2D eigenvalue weighted by atomic mass is 10.5. The van der Waals surface area contributed by atoms with Crippen LogP contribution in [-0.4, -0.2) is 55.6 Å². The minimum atomic E-state index is 0.709. The Kier molecular flexibility index (Phi) is 11.1. The maximum atomic E-state index is 5.70. The molecule has 0 aliphatic carbocycles. The topological polar surface area (TPSA) is 12.5 Å². The second-order valence-corrected chi connectivity index (χ2v) is 4.49. The molecule has 0 radical (unpaired) electrons. The summed E-state index contributed by atoms with van der Waals surface area (Å²) in [4.78, 5) is 2.35. The Labute approximate surface area is 91.0 Å². The van der Waals surface area contributed by atoms with Crippen LogP contribution in [-0.2, 0) is 4.74 Å². The normalized spacial score (nSPS) is 11.1. The van der Waals surface area contributed by atoms with Gasteiger partial charge in [0.05, 0.1) is 6.61 Å². The zero-order valence-electron chi connectivity index (χ0n) is 8.59. The summed E-state index contributed by atoms with van der Waals surface area (Å²) in [5.74, 6) is 3.09. The first-order chi connectivity index (χ1) is 6.35. The van der Waals surface area contributed by atoms with E-state index in [-0.39, 0.29) is 0 Å². The van der Waals surface area contributed by atoms with E-state index in [9.17, 15) is 0 Å². The summed E-state index contributed by atoms with van der Waals surface area (Å²) in [7, 11) is 1.74. The van der Waals surface area contributed by atoms with Crippen LogP contribution in [0.3, 0.4) is 0 Å². The van der Waals surface area contributed by atoms with E-state index in [2.05, 4.69) is 11.8 Å². The Morgan fingerprint density at radius 2 is 2.08 bits per heavy atom. The third kappa shape index (κ3) is 8.88. The number of hydrogen-bond donors (Lipinski definition) is 0. The van der Waals surface area contributed by atoms with Gasteiger partial charge in [-0.1, -0.05) is 6.92 Å². The Bertz CT molecular complexity index is 106. The van der Waals surface area contributed by atoms with Gasteiger partial charge in [0.25, 0.3) is 0 Å². The molecule has 0 aliphatic rings. The van der Waals surface area contributed by atoms with Crippen molar-refractivity contribution in [2.75, 3.05) is 50.7 Å². The lowest BCUT2D eigenvalue weighted by molar-refractivity contribution is 0.155. The van der Waals surface area contributed by atoms with E-state index in [0.29, 0.717) is 5.88 Å². The number of halogens is 1. The third-order valence-electron chi connectivity index (χ3n) is 1.77. The smallest absolute Gasteiger partial charge is 0.0589 e. The molecular formula is C9H20ClNOS. The van der Waals surface area contributed by atoms with Gasteiger partial charge < -0.3 is 4.74 Å². The second kappa shape index (κ2) is 10.6. The predicted octanol–water partition coefficient (Wildman–Crippen LogP) is 1.93. The van der Waals surface area contributed by atoms with Crippen molar-refractivity contribution in [2.24, 2.45) is 0 Å². The Balaban J connectivity index is 3.41. The molecule has 0 saturated heterocycles. The zero-order chi connectivity index (χ0) is 9.94. The molecular weight excluding hydrogens is 206 g/mol. The molecule has 13 heavy (non-hydrogen) atoms. The average Bonchev–Trinajstić information content (AvgIpc) is 2.14. The van der Waals surface area contributed by atoms with E-state index in [0.717, 1.165) is 26.2 Å². The minimum absolute atomic E-state index is 0.709. The molecule has 80 valence electrons. The summed E-state index contributed by atoms with van der Waals surface area (Å²) in [6, 6.07) is 0. The van der Waals surface area contributed by atoms with Crippen molar-refractivity contribution < 1.29 is 4.74 Å². The van der Waals surface area contributed by atoms with Crippen LogP contribution >= 0.6 is 23.4 Å². The summed E-state index contributed by atoms with van der Waals surface area (Å²) in [6.07, 6.45) is 0. The van der Waals surface area contributed by atoms with Crippen molar-refractivity contribution in [1.29, 1.82) is 0 Å². The fraction of sp³-hybridized carbons (Fsp3) is 1.00. The molecule has 0 amide bonds. The van der Waals surface area contributed by atoms with Gasteiger partial charge in [0.2, 0.25) is 0 Å². The van der Waals surface area contributed by atoms with Crippen LogP contribution in [0.25, 0.3) is 0 Å². The Morgan fingerprint density at radius 1 is 1.31 bits per heavy atom. The molecule has 0 spiro atoms. The van der Waals surface area contributed by atoms with Crippen LogP contribution in [0.5, 0.6) is 0 Å². The Hall–Kier alpha value is 0.560. The lowest BCUT2D eigenvalue weighted by Crippen LogP contribution is -2.31. The molecule has 0 saturated carbocycles. The quantitative estimate of drug-likeness (QED) is 0.440. The van der Waals surface area contributed by atoms with E-state index in [1.807, 2.05) is 11.8 Å². The highest BCUT2D eigenvalue weighted by molar-refractivity contribution is 7.99. The van der Waals surface area contributed by atoms with Crippen molar-refractivity contribution in [3.8, 4) is 0 Å². The number of alkyl halides is 1. The maximum absolute atomic E-state index is 5.70. The highest BCUT2D eigenvalue weighted by atomic mass is 35.5. The summed E-state index contributed by atoms with van der Waals surface area (Å²) in [5, 5.41) is 0. The molecule has 0 rings (SSSR count). The highest BCUT2D eigenvalue weighted by Gasteiger charge is 2.02. The van der Waals surface area contributed by atoms with Gasteiger partial charge in [-0.25, -0.2) is 0 Å². The average molecular weight is 226 g/mol. The molecule has 0 atom stereocenters. The monoisotopic (exact) mass is 225 g/mol. The molecule has 0 N–H and O–H groups in total. The minimum Gasteiger partial charge on any atom is -0.383 e. The number of nitrogens with zero attached hydrogens (tertiary/aromatic N) is 1. The van der Waals surface area contributed by atoms with Crippen LogP contribution < -0.4 is 0 Å². The van der Waals surface area contributed by atoms with Gasteiger partial charge in [-0.2, -0.15) is 11.8 Å². The van der Waals surface area contributed by atoms with Gasteiger partial charge in [0, 0.05) is 38.4 Å². The van der Waals surface area contributed by atoms with Gasteiger partial charge in [-0.3, -0.25) is 4.90 Å². The molecule has 0 aromatic carbocycles. The SMILES string of the molecule is CCSCCN(CCCl)CCOC. The number of thioether (sulfide) groups is 1. The van der Waals surface area contributed by atoms with E-state index in [1.165, 1.54) is 11.5 Å². The fourth-order valence-corrected chi connectivity index (χ4v) is 1.93. The molecule has 0 aliphatic heterocycles. The molecule has 2 nitrogen and oxygen atoms in total. The van der Waals surface area contributed by atoms with E-state index in [1.54, 1.807) is 7.11 Å². The lowest BCUT2D eigenvalue weighted by Gasteiger charge is -2.20. The van der Waals surface area contributed by atoms with Gasteiger partial charge in [0.1, 0.15) is 0 Å². The number of hydrogen-bond acceptors (Lipinski definition) is 3. The van der Waals surface area contributed by atoms with Gasteiger partial charge in [0.15, 0.2) is 0 Å². The summed E-state index contributed by atoms with van der Waals surface area (Å²) >= 11 is 7.67. The van der Waals surface area contributed by atoms with E-state index in [4.69, 9.17) is 16.3 Å². The summed E-state index contributed by atoms with van der Waals surface area (Å²) in [6.45, 7) is 6.07. The fourth-order valence-electron chi connectivity index (χ4n) is 1.01. The van der Waals surface area contributed by atoms with Gasteiger partial charge in [-0.15, -0.1) is 11.6 Å². The first-order valence-electron chi connectivity index (χ1n) is 4.70. The third-order valence-corrected chi connectivity index (χ3v) is 2.82. The molecule has 0 aromatic heterocycles. The standard InChI is InChI=1S/C9H20ClNOS/c1-3-13-9-7-11(5-4-10)6-8-12-2/h3-9H2,1-2H3. The van der Waals surface area contributed by atoms with Crippen molar-refractivity contribution in [1.82, 2.24) is 4.90 Å². The van der Waals surface area contributed by atoms with Crippen molar-refractivity contribution in [3.05, 3.63) is 0 Å². The van der Waals surface area contributed by atoms with E-state index >= 15 is 0 Å². The van der Waals surface area contributed by atoms with Gasteiger partial charge >= 0.3 is 0 Å².